The SMILES string of the molecule is C=C(N)/C=C(/O)C(=C)CC(=C)CCC. The molecule has 14 heavy (non-hydrogen) atoms. The van der Waals surface area contributed by atoms with Gasteiger partial charge in [0.25, 0.3) is 0 Å². The molecule has 0 unspecified atom stereocenters. The minimum absolute atomic E-state index is 0.0924. The molecule has 3 N–H and O–H groups in total. The Kier molecular flexibility index (Phi) is 5.46. The Hall–Kier alpha value is -1.44. The van der Waals surface area contributed by atoms with Crippen LogP contribution >= 0.6 is 0 Å². The highest BCUT2D eigenvalue weighted by Crippen LogP contribution is 2.17. The van der Waals surface area contributed by atoms with Crippen molar-refractivity contribution in [1.82, 2.24) is 0 Å². The van der Waals surface area contributed by atoms with Crippen LogP contribution in [0.5, 0.6) is 0 Å². The van der Waals surface area contributed by atoms with Crippen LogP contribution in [0.2, 0.25) is 0 Å². The van der Waals surface area contributed by atoms with E-state index in [9.17, 15) is 5.11 Å². The van der Waals surface area contributed by atoms with Crippen molar-refractivity contribution in [2.75, 3.05) is 0 Å². The van der Waals surface area contributed by atoms with Gasteiger partial charge < -0.3 is 10.8 Å². The maximum absolute atomic E-state index is 9.48. The van der Waals surface area contributed by atoms with Gasteiger partial charge in [0.05, 0.1) is 0 Å². The van der Waals surface area contributed by atoms with E-state index >= 15 is 0 Å². The van der Waals surface area contributed by atoms with Gasteiger partial charge in [-0.15, -0.1) is 0 Å². The number of aliphatic hydroxyl groups is 1. The van der Waals surface area contributed by atoms with Gasteiger partial charge in [0.1, 0.15) is 5.76 Å². The van der Waals surface area contributed by atoms with Crippen LogP contribution in [0, 0.1) is 0 Å². The third-order valence-electron chi connectivity index (χ3n) is 1.75. The summed E-state index contributed by atoms with van der Waals surface area (Å²) in [7, 11) is 0. The second-order valence-electron chi connectivity index (χ2n) is 3.38. The zero-order valence-electron chi connectivity index (χ0n) is 8.84. The summed E-state index contributed by atoms with van der Waals surface area (Å²) in [6, 6.07) is 0. The van der Waals surface area contributed by atoms with Crippen LogP contribution in [-0.4, -0.2) is 5.11 Å². The van der Waals surface area contributed by atoms with Crippen LogP contribution in [0.15, 0.2) is 48.4 Å². The molecule has 2 heteroatoms. The van der Waals surface area contributed by atoms with E-state index in [4.69, 9.17) is 5.73 Å². The first-order chi connectivity index (χ1) is 6.47. The van der Waals surface area contributed by atoms with E-state index in [2.05, 4.69) is 26.7 Å². The molecule has 0 rings (SSSR count). The van der Waals surface area contributed by atoms with E-state index in [1.807, 2.05) is 0 Å². The standard InChI is InChI=1S/C12H19NO/c1-5-6-9(2)7-10(3)12(14)8-11(4)13/h8,14H,2-7,13H2,1H3/b12-8+. The van der Waals surface area contributed by atoms with E-state index in [1.165, 1.54) is 6.08 Å². The zero-order valence-corrected chi connectivity index (χ0v) is 8.84. The normalized spacial score (nSPS) is 11.1. The lowest BCUT2D eigenvalue weighted by Gasteiger charge is -2.06. The second-order valence-corrected chi connectivity index (χ2v) is 3.38. The van der Waals surface area contributed by atoms with Crippen molar-refractivity contribution < 1.29 is 5.11 Å². The average Bonchev–Trinajstić information content (AvgIpc) is 2.02. The molecule has 0 bridgehead atoms. The van der Waals surface area contributed by atoms with E-state index in [-0.39, 0.29) is 5.76 Å². The molecule has 0 amide bonds. The summed E-state index contributed by atoms with van der Waals surface area (Å²) in [5, 5.41) is 9.48. The third-order valence-corrected chi connectivity index (χ3v) is 1.75. The fraction of sp³-hybridized carbons (Fsp3) is 0.333. The number of allylic oxidation sites excluding steroid dienone is 3. The van der Waals surface area contributed by atoms with Crippen LogP contribution in [0.4, 0.5) is 0 Å². The molecule has 0 saturated carbocycles. The maximum atomic E-state index is 9.48. The molecular weight excluding hydrogens is 174 g/mol. The fourth-order valence-corrected chi connectivity index (χ4v) is 1.11. The summed E-state index contributed by atoms with van der Waals surface area (Å²) in [4.78, 5) is 0. The molecule has 0 atom stereocenters. The monoisotopic (exact) mass is 193 g/mol. The first-order valence-electron chi connectivity index (χ1n) is 4.67. The second kappa shape index (κ2) is 6.08. The number of nitrogens with two attached hydrogens (primary N) is 1. The molecular formula is C12H19NO. The minimum atomic E-state index is 0.0924. The molecule has 2 nitrogen and oxygen atoms in total. The van der Waals surface area contributed by atoms with Gasteiger partial charge >= 0.3 is 0 Å². The van der Waals surface area contributed by atoms with Crippen molar-refractivity contribution in [2.24, 2.45) is 5.73 Å². The predicted octanol–water partition coefficient (Wildman–Crippen LogP) is 3.20. The van der Waals surface area contributed by atoms with Crippen LogP contribution < -0.4 is 5.73 Å². The highest BCUT2D eigenvalue weighted by molar-refractivity contribution is 5.31. The van der Waals surface area contributed by atoms with E-state index in [0.717, 1.165) is 18.4 Å². The Balaban J connectivity index is 4.21. The summed E-state index contributed by atoms with van der Waals surface area (Å²) in [6.07, 6.45) is 4.03. The molecule has 0 aliphatic carbocycles. The lowest BCUT2D eigenvalue weighted by Crippen LogP contribution is -1.95. The van der Waals surface area contributed by atoms with Crippen molar-refractivity contribution >= 4 is 0 Å². The number of rotatable bonds is 6. The van der Waals surface area contributed by atoms with Gasteiger partial charge in [0.2, 0.25) is 0 Å². The summed E-state index contributed by atoms with van der Waals surface area (Å²) in [6.45, 7) is 13.2. The molecule has 0 aromatic heterocycles. The van der Waals surface area contributed by atoms with Gasteiger partial charge in [0.15, 0.2) is 0 Å². The molecule has 0 heterocycles. The topological polar surface area (TPSA) is 46.2 Å². The third kappa shape index (κ3) is 5.25. The van der Waals surface area contributed by atoms with E-state index in [0.29, 0.717) is 17.7 Å². The Morgan fingerprint density at radius 2 is 1.93 bits per heavy atom. The Morgan fingerprint density at radius 1 is 1.36 bits per heavy atom. The van der Waals surface area contributed by atoms with Crippen molar-refractivity contribution in [3.05, 3.63) is 48.4 Å². The van der Waals surface area contributed by atoms with Crippen LogP contribution in [-0.2, 0) is 0 Å². The van der Waals surface area contributed by atoms with E-state index < -0.39 is 0 Å². The lowest BCUT2D eigenvalue weighted by molar-refractivity contribution is 0.420. The smallest absolute Gasteiger partial charge is 0.120 e. The maximum Gasteiger partial charge on any atom is 0.120 e. The number of hydrogen-bond acceptors (Lipinski definition) is 2. The summed E-state index contributed by atoms with van der Waals surface area (Å²) >= 11 is 0. The van der Waals surface area contributed by atoms with Crippen molar-refractivity contribution in [1.29, 1.82) is 0 Å². The van der Waals surface area contributed by atoms with Gasteiger partial charge in [-0.25, -0.2) is 0 Å². The Labute approximate surface area is 86.1 Å². The molecule has 0 aliphatic rings. The zero-order chi connectivity index (χ0) is 11.1. The predicted molar refractivity (Wildman–Crippen MR) is 61.8 cm³/mol. The number of hydrogen-bond donors (Lipinski definition) is 2. The van der Waals surface area contributed by atoms with Gasteiger partial charge in [-0.3, -0.25) is 0 Å². The molecule has 0 spiro atoms. The lowest BCUT2D eigenvalue weighted by atomic mass is 10.0. The molecule has 0 aromatic carbocycles. The molecule has 0 aliphatic heterocycles. The highest BCUT2D eigenvalue weighted by Gasteiger charge is 2.02. The van der Waals surface area contributed by atoms with Gasteiger partial charge in [0, 0.05) is 11.8 Å². The van der Waals surface area contributed by atoms with Crippen molar-refractivity contribution in [2.45, 2.75) is 26.2 Å². The van der Waals surface area contributed by atoms with Gasteiger partial charge in [-0.2, -0.15) is 0 Å². The summed E-state index contributed by atoms with van der Waals surface area (Å²) < 4.78 is 0. The summed E-state index contributed by atoms with van der Waals surface area (Å²) in [5.74, 6) is 0.0924. The quantitative estimate of drug-likeness (QED) is 0.386. The molecule has 0 aromatic rings. The van der Waals surface area contributed by atoms with E-state index in [1.54, 1.807) is 0 Å². The molecule has 0 fully saturated rings. The molecule has 78 valence electrons. The molecule has 0 saturated heterocycles. The molecule has 0 radical (unpaired) electrons. The highest BCUT2D eigenvalue weighted by atomic mass is 16.3. The number of aliphatic hydroxyl groups excluding tert-OH is 1. The van der Waals surface area contributed by atoms with Crippen LogP contribution in [0.25, 0.3) is 0 Å². The van der Waals surface area contributed by atoms with Crippen molar-refractivity contribution in [3.8, 4) is 0 Å². The van der Waals surface area contributed by atoms with Crippen LogP contribution in [0.3, 0.4) is 0 Å². The van der Waals surface area contributed by atoms with Crippen molar-refractivity contribution in [3.63, 3.8) is 0 Å². The Bertz CT molecular complexity index is 274. The summed E-state index contributed by atoms with van der Waals surface area (Å²) in [5.41, 5.74) is 7.35. The largest absolute Gasteiger partial charge is 0.508 e. The first-order valence-corrected chi connectivity index (χ1v) is 4.67. The van der Waals surface area contributed by atoms with Crippen LogP contribution in [0.1, 0.15) is 26.2 Å². The van der Waals surface area contributed by atoms with Gasteiger partial charge in [-0.1, -0.05) is 38.7 Å². The average molecular weight is 193 g/mol. The fourth-order valence-electron chi connectivity index (χ4n) is 1.11. The van der Waals surface area contributed by atoms with Gasteiger partial charge in [-0.05, 0) is 18.4 Å². The minimum Gasteiger partial charge on any atom is -0.508 e. The Morgan fingerprint density at radius 3 is 2.36 bits per heavy atom. The first kappa shape index (κ1) is 12.6.